The number of benzene rings is 1. The summed E-state index contributed by atoms with van der Waals surface area (Å²) in [6.07, 6.45) is 4.78. The Morgan fingerprint density at radius 1 is 1.06 bits per heavy atom. The highest BCUT2D eigenvalue weighted by Crippen LogP contribution is 2.29. The maximum absolute atomic E-state index is 5.97. The number of anilines is 1. The lowest BCUT2D eigenvalue weighted by atomic mass is 9.95. The SMILES string of the molecule is COc1cc(N)cc(OC2CCCC(OC)C2)c1. The van der Waals surface area contributed by atoms with Gasteiger partial charge < -0.3 is 19.9 Å². The van der Waals surface area contributed by atoms with E-state index in [4.69, 9.17) is 19.9 Å². The van der Waals surface area contributed by atoms with Crippen molar-refractivity contribution in [3.8, 4) is 11.5 Å². The second-order valence-corrected chi connectivity index (χ2v) is 4.71. The molecule has 1 aliphatic rings. The molecule has 100 valence electrons. The Morgan fingerprint density at radius 2 is 1.78 bits per heavy atom. The Morgan fingerprint density at radius 3 is 2.50 bits per heavy atom. The number of nitrogens with two attached hydrogens (primary N) is 1. The van der Waals surface area contributed by atoms with Gasteiger partial charge in [0.1, 0.15) is 17.6 Å². The lowest BCUT2D eigenvalue weighted by Crippen LogP contribution is -2.29. The van der Waals surface area contributed by atoms with Crippen molar-refractivity contribution >= 4 is 5.69 Å². The van der Waals surface area contributed by atoms with Crippen LogP contribution in [0.1, 0.15) is 25.7 Å². The number of hydrogen-bond donors (Lipinski definition) is 1. The van der Waals surface area contributed by atoms with Gasteiger partial charge in [0.05, 0.1) is 13.2 Å². The Bertz CT molecular complexity index is 395. The third-order valence-corrected chi connectivity index (χ3v) is 3.35. The van der Waals surface area contributed by atoms with Gasteiger partial charge in [0.15, 0.2) is 0 Å². The van der Waals surface area contributed by atoms with Crippen LogP contribution >= 0.6 is 0 Å². The zero-order valence-electron chi connectivity index (χ0n) is 11.0. The molecule has 0 heterocycles. The summed E-state index contributed by atoms with van der Waals surface area (Å²) < 4.78 is 16.6. The molecule has 2 N–H and O–H groups in total. The molecule has 2 atom stereocenters. The molecule has 0 radical (unpaired) electrons. The Kier molecular flexibility index (Phi) is 4.31. The van der Waals surface area contributed by atoms with Gasteiger partial charge in [-0.1, -0.05) is 0 Å². The normalized spacial score (nSPS) is 23.7. The molecule has 0 aliphatic heterocycles. The van der Waals surface area contributed by atoms with Crippen molar-refractivity contribution in [2.24, 2.45) is 0 Å². The molecule has 18 heavy (non-hydrogen) atoms. The zero-order chi connectivity index (χ0) is 13.0. The molecule has 1 aliphatic carbocycles. The highest BCUT2D eigenvalue weighted by atomic mass is 16.5. The van der Waals surface area contributed by atoms with E-state index < -0.39 is 0 Å². The molecule has 0 spiro atoms. The van der Waals surface area contributed by atoms with Crippen LogP contribution in [0.25, 0.3) is 0 Å². The molecule has 2 unspecified atom stereocenters. The van der Waals surface area contributed by atoms with Gasteiger partial charge in [-0.05, 0) is 19.3 Å². The van der Waals surface area contributed by atoms with Crippen LogP contribution in [0, 0.1) is 0 Å². The van der Waals surface area contributed by atoms with Gasteiger partial charge in [-0.15, -0.1) is 0 Å². The lowest BCUT2D eigenvalue weighted by molar-refractivity contribution is 0.0209. The summed E-state index contributed by atoms with van der Waals surface area (Å²) in [5.41, 5.74) is 6.46. The lowest BCUT2D eigenvalue weighted by Gasteiger charge is -2.28. The topological polar surface area (TPSA) is 53.7 Å². The number of methoxy groups -OCH3 is 2. The van der Waals surface area contributed by atoms with E-state index in [2.05, 4.69) is 0 Å². The molecule has 1 aromatic carbocycles. The minimum atomic E-state index is 0.204. The van der Waals surface area contributed by atoms with Gasteiger partial charge in [0.2, 0.25) is 0 Å². The summed E-state index contributed by atoms with van der Waals surface area (Å²) in [5.74, 6) is 1.50. The minimum absolute atomic E-state index is 0.204. The van der Waals surface area contributed by atoms with Crippen molar-refractivity contribution in [1.82, 2.24) is 0 Å². The molecular weight excluding hydrogens is 230 g/mol. The Balaban J connectivity index is 2.02. The van der Waals surface area contributed by atoms with Crippen molar-refractivity contribution in [3.63, 3.8) is 0 Å². The van der Waals surface area contributed by atoms with E-state index >= 15 is 0 Å². The molecule has 2 rings (SSSR count). The van der Waals surface area contributed by atoms with Gasteiger partial charge >= 0.3 is 0 Å². The first kappa shape index (κ1) is 13.0. The van der Waals surface area contributed by atoms with Crippen molar-refractivity contribution in [1.29, 1.82) is 0 Å². The number of hydrogen-bond acceptors (Lipinski definition) is 4. The van der Waals surface area contributed by atoms with Crippen LogP contribution in [0.5, 0.6) is 11.5 Å². The van der Waals surface area contributed by atoms with Crippen molar-refractivity contribution in [2.45, 2.75) is 37.9 Å². The summed E-state index contributed by atoms with van der Waals surface area (Å²) in [6, 6.07) is 5.48. The molecular formula is C14H21NO3. The molecule has 1 aromatic rings. The average molecular weight is 251 g/mol. The Labute approximate surface area is 108 Å². The first-order valence-corrected chi connectivity index (χ1v) is 6.35. The molecule has 0 saturated heterocycles. The van der Waals surface area contributed by atoms with E-state index in [1.54, 1.807) is 20.3 Å². The van der Waals surface area contributed by atoms with Crippen LogP contribution in [0.4, 0.5) is 5.69 Å². The summed E-state index contributed by atoms with van der Waals surface area (Å²) in [6.45, 7) is 0. The Hall–Kier alpha value is -1.42. The van der Waals surface area contributed by atoms with E-state index in [9.17, 15) is 0 Å². The van der Waals surface area contributed by atoms with Gasteiger partial charge in [-0.3, -0.25) is 0 Å². The number of nitrogen functional groups attached to an aromatic ring is 1. The summed E-state index contributed by atoms with van der Waals surface area (Å²) >= 11 is 0. The molecule has 0 bridgehead atoms. The quantitative estimate of drug-likeness (QED) is 0.836. The molecule has 4 heteroatoms. The number of ether oxygens (including phenoxy) is 3. The van der Waals surface area contributed by atoms with E-state index in [1.165, 1.54) is 0 Å². The van der Waals surface area contributed by atoms with Gasteiger partial charge in [-0.25, -0.2) is 0 Å². The molecule has 0 aromatic heterocycles. The minimum Gasteiger partial charge on any atom is -0.497 e. The largest absolute Gasteiger partial charge is 0.497 e. The fraction of sp³-hybridized carbons (Fsp3) is 0.571. The number of rotatable bonds is 4. The van der Waals surface area contributed by atoms with Crippen molar-refractivity contribution < 1.29 is 14.2 Å². The third-order valence-electron chi connectivity index (χ3n) is 3.35. The molecule has 0 amide bonds. The van der Waals surface area contributed by atoms with Crippen LogP contribution in [0.3, 0.4) is 0 Å². The smallest absolute Gasteiger partial charge is 0.125 e. The average Bonchev–Trinajstić information content (AvgIpc) is 2.38. The van der Waals surface area contributed by atoms with E-state index in [-0.39, 0.29) is 6.10 Å². The molecule has 4 nitrogen and oxygen atoms in total. The van der Waals surface area contributed by atoms with E-state index in [1.807, 2.05) is 12.1 Å². The molecule has 1 saturated carbocycles. The third kappa shape index (κ3) is 3.29. The van der Waals surface area contributed by atoms with Crippen molar-refractivity contribution in [3.05, 3.63) is 18.2 Å². The maximum atomic E-state index is 5.97. The zero-order valence-corrected chi connectivity index (χ0v) is 11.0. The fourth-order valence-corrected chi connectivity index (χ4v) is 2.40. The van der Waals surface area contributed by atoms with E-state index in [0.29, 0.717) is 11.8 Å². The second kappa shape index (κ2) is 5.96. The highest BCUT2D eigenvalue weighted by Gasteiger charge is 2.23. The first-order valence-electron chi connectivity index (χ1n) is 6.35. The van der Waals surface area contributed by atoms with Crippen LogP contribution in [0.15, 0.2) is 18.2 Å². The summed E-state index contributed by atoms with van der Waals surface area (Å²) in [4.78, 5) is 0. The second-order valence-electron chi connectivity index (χ2n) is 4.71. The van der Waals surface area contributed by atoms with Gasteiger partial charge in [0.25, 0.3) is 0 Å². The molecule has 1 fully saturated rings. The van der Waals surface area contributed by atoms with Gasteiger partial charge in [-0.2, -0.15) is 0 Å². The van der Waals surface area contributed by atoms with Crippen LogP contribution < -0.4 is 15.2 Å². The maximum Gasteiger partial charge on any atom is 0.125 e. The predicted octanol–water partition coefficient (Wildman–Crippen LogP) is 2.61. The van der Waals surface area contributed by atoms with Crippen LogP contribution in [0.2, 0.25) is 0 Å². The standard InChI is InChI=1S/C14H21NO3/c1-16-11-4-3-5-12(8-11)18-14-7-10(15)6-13(9-14)17-2/h6-7,9,11-12H,3-5,8,15H2,1-2H3. The van der Waals surface area contributed by atoms with Crippen LogP contribution in [-0.4, -0.2) is 26.4 Å². The fourth-order valence-electron chi connectivity index (χ4n) is 2.40. The monoisotopic (exact) mass is 251 g/mol. The predicted molar refractivity (Wildman–Crippen MR) is 71.1 cm³/mol. The van der Waals surface area contributed by atoms with E-state index in [0.717, 1.165) is 37.2 Å². The summed E-state index contributed by atoms with van der Waals surface area (Å²) in [7, 11) is 3.39. The van der Waals surface area contributed by atoms with Crippen molar-refractivity contribution in [2.75, 3.05) is 20.0 Å². The van der Waals surface area contributed by atoms with Gasteiger partial charge in [0, 0.05) is 37.4 Å². The van der Waals surface area contributed by atoms with Crippen LogP contribution in [-0.2, 0) is 4.74 Å². The summed E-state index contributed by atoms with van der Waals surface area (Å²) in [5, 5.41) is 0. The first-order chi connectivity index (χ1) is 8.71. The highest BCUT2D eigenvalue weighted by molar-refractivity contribution is 5.50.